The molecule has 0 fully saturated rings. The first-order chi connectivity index (χ1) is 9.60. The second-order valence-corrected chi connectivity index (χ2v) is 4.51. The molecule has 0 saturated heterocycles. The number of hydrogen-bond acceptors (Lipinski definition) is 3. The third-order valence-electron chi connectivity index (χ3n) is 2.88. The molecule has 0 atom stereocenters. The molecule has 0 bridgehead atoms. The molecule has 0 unspecified atom stereocenters. The Kier molecular flexibility index (Phi) is 4.25. The molecular weight excluding hydrogens is 252 g/mol. The van der Waals surface area contributed by atoms with Crippen LogP contribution in [0.5, 0.6) is 5.75 Å². The molecule has 104 valence electrons. The zero-order chi connectivity index (χ0) is 14.5. The van der Waals surface area contributed by atoms with Gasteiger partial charge in [0.25, 0.3) is 5.91 Å². The number of ether oxygens (including phenoxy) is 1. The molecule has 1 amide bonds. The number of carbonyl (C=O) groups excluding carboxylic acids is 1. The van der Waals surface area contributed by atoms with Gasteiger partial charge in [0, 0.05) is 11.3 Å². The van der Waals surface area contributed by atoms with Gasteiger partial charge in [0.1, 0.15) is 5.75 Å². The van der Waals surface area contributed by atoms with Crippen molar-refractivity contribution in [2.24, 2.45) is 0 Å². The van der Waals surface area contributed by atoms with Gasteiger partial charge in [-0.3, -0.25) is 4.79 Å². The third kappa shape index (κ3) is 3.29. The van der Waals surface area contributed by atoms with Crippen LogP contribution in [0.1, 0.15) is 22.8 Å². The predicted octanol–water partition coefficient (Wildman–Crippen LogP) is 3.23. The Balaban J connectivity index is 2.11. The minimum absolute atomic E-state index is 0.159. The summed E-state index contributed by atoms with van der Waals surface area (Å²) in [5.41, 5.74) is 8.75. The number of amides is 1. The molecule has 0 radical (unpaired) electrons. The first-order valence-electron chi connectivity index (χ1n) is 6.50. The zero-order valence-electron chi connectivity index (χ0n) is 11.6. The van der Waals surface area contributed by atoms with E-state index in [4.69, 9.17) is 10.5 Å². The molecule has 3 N–H and O–H groups in total. The molecule has 20 heavy (non-hydrogen) atoms. The van der Waals surface area contributed by atoms with Gasteiger partial charge in [-0.25, -0.2) is 0 Å². The Morgan fingerprint density at radius 2 is 1.90 bits per heavy atom. The summed E-state index contributed by atoms with van der Waals surface area (Å²) in [6.45, 7) is 4.43. The highest BCUT2D eigenvalue weighted by atomic mass is 16.5. The fourth-order valence-corrected chi connectivity index (χ4v) is 1.82. The summed E-state index contributed by atoms with van der Waals surface area (Å²) < 4.78 is 5.36. The largest absolute Gasteiger partial charge is 0.492 e. The Morgan fingerprint density at radius 3 is 2.50 bits per heavy atom. The van der Waals surface area contributed by atoms with Crippen molar-refractivity contribution in [2.45, 2.75) is 13.8 Å². The van der Waals surface area contributed by atoms with Crippen molar-refractivity contribution in [1.29, 1.82) is 0 Å². The predicted molar refractivity (Wildman–Crippen MR) is 81.2 cm³/mol. The van der Waals surface area contributed by atoms with E-state index in [0.717, 1.165) is 5.56 Å². The smallest absolute Gasteiger partial charge is 0.255 e. The van der Waals surface area contributed by atoms with E-state index in [0.29, 0.717) is 29.3 Å². The summed E-state index contributed by atoms with van der Waals surface area (Å²) in [5, 5.41) is 2.81. The standard InChI is InChI=1S/C16H18N2O2/c1-3-20-15-9-8-13(10-14(15)17)18-16(19)12-6-4-11(2)5-7-12/h4-10H,3,17H2,1-2H3,(H,18,19). The van der Waals surface area contributed by atoms with Gasteiger partial charge in [-0.15, -0.1) is 0 Å². The fourth-order valence-electron chi connectivity index (χ4n) is 1.82. The highest BCUT2D eigenvalue weighted by Crippen LogP contribution is 2.25. The highest BCUT2D eigenvalue weighted by Gasteiger charge is 2.07. The first-order valence-corrected chi connectivity index (χ1v) is 6.50. The normalized spacial score (nSPS) is 10.1. The van der Waals surface area contributed by atoms with Crippen molar-refractivity contribution < 1.29 is 9.53 Å². The SMILES string of the molecule is CCOc1ccc(NC(=O)c2ccc(C)cc2)cc1N. The molecule has 4 heteroatoms. The average molecular weight is 270 g/mol. The summed E-state index contributed by atoms with van der Waals surface area (Å²) in [6.07, 6.45) is 0. The van der Waals surface area contributed by atoms with Gasteiger partial charge in [-0.2, -0.15) is 0 Å². The van der Waals surface area contributed by atoms with Crippen LogP contribution in [0.3, 0.4) is 0 Å². The highest BCUT2D eigenvalue weighted by molar-refractivity contribution is 6.04. The minimum Gasteiger partial charge on any atom is -0.492 e. The van der Waals surface area contributed by atoms with E-state index in [1.807, 2.05) is 26.0 Å². The van der Waals surface area contributed by atoms with Crippen LogP contribution < -0.4 is 15.8 Å². The summed E-state index contributed by atoms with van der Waals surface area (Å²) in [4.78, 5) is 12.1. The zero-order valence-corrected chi connectivity index (χ0v) is 11.6. The summed E-state index contributed by atoms with van der Waals surface area (Å²) in [5.74, 6) is 0.467. The van der Waals surface area contributed by atoms with Crippen molar-refractivity contribution in [1.82, 2.24) is 0 Å². The molecule has 4 nitrogen and oxygen atoms in total. The lowest BCUT2D eigenvalue weighted by atomic mass is 10.1. The number of nitrogens with one attached hydrogen (secondary N) is 1. The number of nitrogens with two attached hydrogens (primary N) is 1. The van der Waals surface area contributed by atoms with Crippen molar-refractivity contribution >= 4 is 17.3 Å². The maximum Gasteiger partial charge on any atom is 0.255 e. The third-order valence-corrected chi connectivity index (χ3v) is 2.88. The number of carbonyl (C=O) groups is 1. The number of anilines is 2. The summed E-state index contributed by atoms with van der Waals surface area (Å²) >= 11 is 0. The monoisotopic (exact) mass is 270 g/mol. The summed E-state index contributed by atoms with van der Waals surface area (Å²) in [7, 11) is 0. The van der Waals surface area contributed by atoms with Crippen LogP contribution in [0.25, 0.3) is 0 Å². The van der Waals surface area contributed by atoms with E-state index in [-0.39, 0.29) is 5.91 Å². The van der Waals surface area contributed by atoms with Crippen LogP contribution in [0.4, 0.5) is 11.4 Å². The van der Waals surface area contributed by atoms with E-state index in [1.165, 1.54) is 0 Å². The lowest BCUT2D eigenvalue weighted by Gasteiger charge is -2.10. The maximum absolute atomic E-state index is 12.1. The van der Waals surface area contributed by atoms with Crippen LogP contribution >= 0.6 is 0 Å². The first kappa shape index (κ1) is 13.9. The van der Waals surface area contributed by atoms with Gasteiger partial charge in [0.2, 0.25) is 0 Å². The van der Waals surface area contributed by atoms with Crippen LogP contribution in [-0.4, -0.2) is 12.5 Å². The lowest BCUT2D eigenvalue weighted by molar-refractivity contribution is 0.102. The lowest BCUT2D eigenvalue weighted by Crippen LogP contribution is -2.12. The van der Waals surface area contributed by atoms with Gasteiger partial charge in [0.05, 0.1) is 12.3 Å². The quantitative estimate of drug-likeness (QED) is 0.838. The van der Waals surface area contributed by atoms with Crippen molar-refractivity contribution in [3.05, 3.63) is 53.6 Å². The molecule has 2 aromatic carbocycles. The number of nitrogen functional groups attached to an aromatic ring is 1. The number of aryl methyl sites for hydroxylation is 1. The van der Waals surface area contributed by atoms with E-state index < -0.39 is 0 Å². The van der Waals surface area contributed by atoms with E-state index in [1.54, 1.807) is 30.3 Å². The van der Waals surface area contributed by atoms with E-state index >= 15 is 0 Å². The molecular formula is C16H18N2O2. The fraction of sp³-hybridized carbons (Fsp3) is 0.188. The molecule has 2 rings (SSSR count). The maximum atomic E-state index is 12.1. The second-order valence-electron chi connectivity index (χ2n) is 4.51. The van der Waals surface area contributed by atoms with Crippen LogP contribution in [-0.2, 0) is 0 Å². The molecule has 0 aliphatic heterocycles. The van der Waals surface area contributed by atoms with Gasteiger partial charge >= 0.3 is 0 Å². The number of hydrogen-bond donors (Lipinski definition) is 2. The second kappa shape index (κ2) is 6.10. The molecule has 0 aliphatic rings. The number of benzene rings is 2. The Hall–Kier alpha value is -2.49. The van der Waals surface area contributed by atoms with Crippen LogP contribution in [0, 0.1) is 6.92 Å². The molecule has 0 aromatic heterocycles. The Morgan fingerprint density at radius 1 is 1.20 bits per heavy atom. The molecule has 0 spiro atoms. The Bertz CT molecular complexity index is 606. The molecule has 0 saturated carbocycles. The topological polar surface area (TPSA) is 64.3 Å². The molecule has 2 aromatic rings. The van der Waals surface area contributed by atoms with Gasteiger partial charge < -0.3 is 15.8 Å². The van der Waals surface area contributed by atoms with Gasteiger partial charge in [0.15, 0.2) is 0 Å². The molecule has 0 aliphatic carbocycles. The van der Waals surface area contributed by atoms with Crippen LogP contribution in [0.2, 0.25) is 0 Å². The Labute approximate surface area is 118 Å². The minimum atomic E-state index is -0.159. The van der Waals surface area contributed by atoms with E-state index in [2.05, 4.69) is 5.32 Å². The van der Waals surface area contributed by atoms with Crippen molar-refractivity contribution in [3.63, 3.8) is 0 Å². The van der Waals surface area contributed by atoms with Gasteiger partial charge in [-0.1, -0.05) is 17.7 Å². The summed E-state index contributed by atoms with van der Waals surface area (Å²) in [6, 6.07) is 12.6. The van der Waals surface area contributed by atoms with E-state index in [9.17, 15) is 4.79 Å². The van der Waals surface area contributed by atoms with Crippen LogP contribution in [0.15, 0.2) is 42.5 Å². The number of rotatable bonds is 4. The average Bonchev–Trinajstić information content (AvgIpc) is 2.42. The molecule has 0 heterocycles. The van der Waals surface area contributed by atoms with Gasteiger partial charge in [-0.05, 0) is 44.2 Å². The van der Waals surface area contributed by atoms with Crippen molar-refractivity contribution in [3.8, 4) is 5.75 Å². The van der Waals surface area contributed by atoms with Crippen molar-refractivity contribution in [2.75, 3.05) is 17.7 Å².